The number of aryl methyl sites for hydroxylation is 1. The number of aromatic nitrogens is 1. The Labute approximate surface area is 116 Å². The van der Waals surface area contributed by atoms with Crippen molar-refractivity contribution < 1.29 is 13.9 Å². The highest BCUT2D eigenvalue weighted by molar-refractivity contribution is 5.77. The number of amides is 1. The second-order valence-electron chi connectivity index (χ2n) is 4.21. The molecule has 0 aliphatic carbocycles. The van der Waals surface area contributed by atoms with Crippen LogP contribution in [0.3, 0.4) is 0 Å². The molecule has 0 aliphatic rings. The molecule has 1 aromatic heterocycles. The molecule has 3 N–H and O–H groups in total. The quantitative estimate of drug-likeness (QED) is 0.780. The normalized spacial score (nSPS) is 10.2. The number of benzene rings is 1. The molecular weight excluding hydrogens is 258 g/mol. The molecule has 20 heavy (non-hydrogen) atoms. The fourth-order valence-corrected chi connectivity index (χ4v) is 1.57. The van der Waals surface area contributed by atoms with Gasteiger partial charge in [-0.15, -0.1) is 0 Å². The van der Waals surface area contributed by atoms with Crippen molar-refractivity contribution in [3.8, 4) is 5.75 Å². The van der Waals surface area contributed by atoms with E-state index in [4.69, 9.17) is 14.9 Å². The molecule has 1 heterocycles. The lowest BCUT2D eigenvalue weighted by molar-refractivity contribution is -0.123. The van der Waals surface area contributed by atoms with Gasteiger partial charge in [0, 0.05) is 18.2 Å². The summed E-state index contributed by atoms with van der Waals surface area (Å²) in [7, 11) is 0. The summed E-state index contributed by atoms with van der Waals surface area (Å²) >= 11 is 0. The van der Waals surface area contributed by atoms with Crippen molar-refractivity contribution in [1.29, 1.82) is 0 Å². The van der Waals surface area contributed by atoms with Crippen LogP contribution in [-0.2, 0) is 17.8 Å². The highest BCUT2D eigenvalue weighted by atomic mass is 16.5. The van der Waals surface area contributed by atoms with Crippen LogP contribution in [0.25, 0.3) is 0 Å². The first kappa shape index (κ1) is 13.9. The molecule has 2 rings (SSSR count). The SMILES string of the molecule is CCc1cnc(CNC(=O)COc2cccc(N)c2)o1. The number of carbonyl (C=O) groups excluding carboxylic acids is 1. The third-order valence-corrected chi connectivity index (χ3v) is 2.61. The number of nitrogen functional groups attached to an aromatic ring is 1. The molecule has 0 spiro atoms. The largest absolute Gasteiger partial charge is 0.484 e. The number of oxazole rings is 1. The van der Waals surface area contributed by atoms with Gasteiger partial charge in [0.1, 0.15) is 11.5 Å². The van der Waals surface area contributed by atoms with Crippen molar-refractivity contribution >= 4 is 11.6 Å². The lowest BCUT2D eigenvalue weighted by Gasteiger charge is -2.06. The molecule has 0 bridgehead atoms. The van der Waals surface area contributed by atoms with Crippen molar-refractivity contribution in [1.82, 2.24) is 10.3 Å². The van der Waals surface area contributed by atoms with Gasteiger partial charge in [-0.25, -0.2) is 4.98 Å². The van der Waals surface area contributed by atoms with Crippen molar-refractivity contribution in [3.05, 3.63) is 42.1 Å². The molecule has 6 heteroatoms. The van der Waals surface area contributed by atoms with E-state index in [1.807, 2.05) is 6.92 Å². The second kappa shape index (κ2) is 6.60. The fraction of sp³-hybridized carbons (Fsp3) is 0.286. The number of hydrogen-bond donors (Lipinski definition) is 2. The summed E-state index contributed by atoms with van der Waals surface area (Å²) in [6.45, 7) is 2.15. The zero-order chi connectivity index (χ0) is 14.4. The molecule has 0 radical (unpaired) electrons. The van der Waals surface area contributed by atoms with E-state index in [2.05, 4.69) is 10.3 Å². The molecule has 0 fully saturated rings. The van der Waals surface area contributed by atoms with Crippen LogP contribution < -0.4 is 15.8 Å². The zero-order valence-corrected chi connectivity index (χ0v) is 11.3. The van der Waals surface area contributed by atoms with Crippen molar-refractivity contribution in [2.45, 2.75) is 19.9 Å². The first-order chi connectivity index (χ1) is 9.67. The minimum absolute atomic E-state index is 0.0786. The van der Waals surface area contributed by atoms with E-state index in [1.54, 1.807) is 30.5 Å². The van der Waals surface area contributed by atoms with Crippen LogP contribution in [0.2, 0.25) is 0 Å². The van der Waals surface area contributed by atoms with Crippen LogP contribution in [0.15, 0.2) is 34.9 Å². The van der Waals surface area contributed by atoms with Crippen LogP contribution in [0.4, 0.5) is 5.69 Å². The summed E-state index contributed by atoms with van der Waals surface area (Å²) in [5.41, 5.74) is 6.21. The highest BCUT2D eigenvalue weighted by Crippen LogP contribution is 2.14. The minimum Gasteiger partial charge on any atom is -0.484 e. The second-order valence-corrected chi connectivity index (χ2v) is 4.21. The topological polar surface area (TPSA) is 90.4 Å². The van der Waals surface area contributed by atoms with Crippen molar-refractivity contribution in [2.75, 3.05) is 12.3 Å². The van der Waals surface area contributed by atoms with E-state index in [0.29, 0.717) is 17.3 Å². The van der Waals surface area contributed by atoms with E-state index < -0.39 is 0 Å². The van der Waals surface area contributed by atoms with Gasteiger partial charge in [-0.1, -0.05) is 13.0 Å². The molecule has 0 saturated carbocycles. The monoisotopic (exact) mass is 275 g/mol. The average Bonchev–Trinajstić information content (AvgIpc) is 2.91. The van der Waals surface area contributed by atoms with Crippen LogP contribution in [-0.4, -0.2) is 17.5 Å². The first-order valence-corrected chi connectivity index (χ1v) is 6.36. The maximum Gasteiger partial charge on any atom is 0.258 e. The van der Waals surface area contributed by atoms with Gasteiger partial charge in [0.05, 0.1) is 12.7 Å². The fourth-order valence-electron chi connectivity index (χ4n) is 1.57. The van der Waals surface area contributed by atoms with Gasteiger partial charge < -0.3 is 20.2 Å². The molecule has 106 valence electrons. The van der Waals surface area contributed by atoms with Gasteiger partial charge in [0.15, 0.2) is 6.61 Å². The van der Waals surface area contributed by atoms with Crippen molar-refractivity contribution in [3.63, 3.8) is 0 Å². The molecular formula is C14H17N3O3. The third-order valence-electron chi connectivity index (χ3n) is 2.61. The molecule has 1 amide bonds. The van der Waals surface area contributed by atoms with Crippen molar-refractivity contribution in [2.24, 2.45) is 0 Å². The molecule has 0 saturated heterocycles. The Hall–Kier alpha value is -2.50. The average molecular weight is 275 g/mol. The van der Waals surface area contributed by atoms with E-state index >= 15 is 0 Å². The molecule has 6 nitrogen and oxygen atoms in total. The van der Waals surface area contributed by atoms with Gasteiger partial charge in [0.25, 0.3) is 5.91 Å². The Morgan fingerprint density at radius 3 is 3.05 bits per heavy atom. The van der Waals surface area contributed by atoms with Crippen LogP contribution >= 0.6 is 0 Å². The number of nitrogens with zero attached hydrogens (tertiary/aromatic N) is 1. The Morgan fingerprint density at radius 2 is 2.35 bits per heavy atom. The lowest BCUT2D eigenvalue weighted by Crippen LogP contribution is -2.28. The number of nitrogens with one attached hydrogen (secondary N) is 1. The van der Waals surface area contributed by atoms with Gasteiger partial charge in [-0.2, -0.15) is 0 Å². The summed E-state index contributed by atoms with van der Waals surface area (Å²) in [4.78, 5) is 15.7. The molecule has 1 aromatic carbocycles. The van der Waals surface area contributed by atoms with E-state index in [0.717, 1.165) is 12.2 Å². The van der Waals surface area contributed by atoms with Crippen LogP contribution in [0, 0.1) is 0 Å². The van der Waals surface area contributed by atoms with Gasteiger partial charge in [-0.3, -0.25) is 4.79 Å². The molecule has 2 aromatic rings. The predicted octanol–water partition coefficient (Wildman–Crippen LogP) is 1.51. The van der Waals surface area contributed by atoms with E-state index in [1.165, 1.54) is 0 Å². The van der Waals surface area contributed by atoms with E-state index in [9.17, 15) is 4.79 Å². The van der Waals surface area contributed by atoms with Gasteiger partial charge >= 0.3 is 0 Å². The number of hydrogen-bond acceptors (Lipinski definition) is 5. The number of anilines is 1. The van der Waals surface area contributed by atoms with E-state index in [-0.39, 0.29) is 19.1 Å². The summed E-state index contributed by atoms with van der Waals surface area (Å²) in [5, 5.41) is 2.67. The standard InChI is InChI=1S/C14H17N3O3/c1-2-11-7-17-14(20-11)8-16-13(18)9-19-12-5-3-4-10(15)6-12/h3-7H,2,8-9,15H2,1H3,(H,16,18). The third kappa shape index (κ3) is 4.01. The summed E-state index contributed by atoms with van der Waals surface area (Å²) < 4.78 is 10.7. The first-order valence-electron chi connectivity index (χ1n) is 6.36. The maximum atomic E-state index is 11.6. The lowest BCUT2D eigenvalue weighted by atomic mass is 10.3. The Morgan fingerprint density at radius 1 is 1.50 bits per heavy atom. The van der Waals surface area contributed by atoms with Gasteiger partial charge in [0.2, 0.25) is 5.89 Å². The summed E-state index contributed by atoms with van der Waals surface area (Å²) in [5.74, 6) is 1.60. The zero-order valence-electron chi connectivity index (χ0n) is 11.3. The smallest absolute Gasteiger partial charge is 0.258 e. The molecule has 0 atom stereocenters. The number of nitrogens with two attached hydrogens (primary N) is 1. The number of ether oxygens (including phenoxy) is 1. The predicted molar refractivity (Wildman–Crippen MR) is 74.1 cm³/mol. The number of carbonyl (C=O) groups is 1. The summed E-state index contributed by atoms with van der Waals surface area (Å²) in [6.07, 6.45) is 2.43. The number of rotatable bonds is 6. The van der Waals surface area contributed by atoms with Gasteiger partial charge in [-0.05, 0) is 12.1 Å². The van der Waals surface area contributed by atoms with Crippen LogP contribution in [0.1, 0.15) is 18.6 Å². The highest BCUT2D eigenvalue weighted by Gasteiger charge is 2.06. The Kier molecular flexibility index (Phi) is 4.60. The molecule has 0 aliphatic heterocycles. The maximum absolute atomic E-state index is 11.6. The summed E-state index contributed by atoms with van der Waals surface area (Å²) in [6, 6.07) is 6.92. The van der Waals surface area contributed by atoms with Crippen LogP contribution in [0.5, 0.6) is 5.75 Å². The molecule has 0 unspecified atom stereocenters. The Balaban J connectivity index is 1.75. The Bertz CT molecular complexity index is 581. The minimum atomic E-state index is -0.247.